The lowest BCUT2D eigenvalue weighted by atomic mass is 10.2. The predicted octanol–water partition coefficient (Wildman–Crippen LogP) is 4.71. The average molecular weight is 393 g/mol. The first-order valence-corrected chi connectivity index (χ1v) is 8.24. The van der Waals surface area contributed by atoms with Crippen LogP contribution in [0.2, 0.25) is 0 Å². The second-order valence-corrected chi connectivity index (χ2v) is 6.09. The van der Waals surface area contributed by atoms with Crippen LogP contribution in [0.5, 0.6) is 0 Å². The van der Waals surface area contributed by atoms with Crippen LogP contribution < -0.4 is 10.6 Å². The van der Waals surface area contributed by atoms with Crippen molar-refractivity contribution < 1.29 is 4.79 Å². The van der Waals surface area contributed by atoms with E-state index in [-0.39, 0.29) is 5.91 Å². The maximum atomic E-state index is 12.2. The topological polar surface area (TPSA) is 77.8 Å². The number of carbonyl (C=O) groups is 1. The Labute approximate surface area is 153 Å². The summed E-state index contributed by atoms with van der Waals surface area (Å²) in [5.74, 6) is 0.383. The lowest BCUT2D eigenvalue weighted by Gasteiger charge is -2.09. The van der Waals surface area contributed by atoms with Crippen LogP contribution in [0.15, 0.2) is 71.3 Å². The van der Waals surface area contributed by atoms with Gasteiger partial charge in [-0.1, -0.05) is 28.1 Å². The summed E-state index contributed by atoms with van der Waals surface area (Å²) in [5, 5.41) is 15.0. The lowest BCUT2D eigenvalue weighted by molar-refractivity contribution is 0.102. The number of aromatic nitrogens is 1. The Morgan fingerprint density at radius 1 is 1.04 bits per heavy atom. The molecule has 2 aromatic carbocycles. The highest BCUT2D eigenvalue weighted by atomic mass is 79.9. The number of rotatable bonds is 4. The normalized spacial score (nSPS) is 9.92. The first-order chi connectivity index (χ1) is 12.2. The molecule has 1 amide bonds. The quantitative estimate of drug-likeness (QED) is 0.673. The second kappa shape index (κ2) is 7.60. The van der Waals surface area contributed by atoms with Crippen molar-refractivity contribution in [1.82, 2.24) is 4.98 Å². The van der Waals surface area contributed by atoms with E-state index in [2.05, 4.69) is 37.6 Å². The third-order valence-electron chi connectivity index (χ3n) is 3.44. The molecule has 0 spiro atoms. The smallest absolute Gasteiger partial charge is 0.255 e. The van der Waals surface area contributed by atoms with Crippen LogP contribution in [0, 0.1) is 11.3 Å². The zero-order chi connectivity index (χ0) is 17.6. The molecule has 0 saturated heterocycles. The molecule has 0 aliphatic rings. The predicted molar refractivity (Wildman–Crippen MR) is 101 cm³/mol. The Bertz CT molecular complexity index is 931. The number of nitriles is 1. The number of hydrogen-bond acceptors (Lipinski definition) is 4. The summed E-state index contributed by atoms with van der Waals surface area (Å²) in [4.78, 5) is 16.4. The number of pyridine rings is 1. The van der Waals surface area contributed by atoms with E-state index in [4.69, 9.17) is 5.26 Å². The molecular formula is C19H13BrN4O. The van der Waals surface area contributed by atoms with Gasteiger partial charge in [-0.2, -0.15) is 5.26 Å². The molecule has 6 heteroatoms. The van der Waals surface area contributed by atoms with Crippen LogP contribution in [-0.4, -0.2) is 10.9 Å². The fraction of sp³-hybridized carbons (Fsp3) is 0. The molecule has 0 radical (unpaired) electrons. The van der Waals surface area contributed by atoms with Crippen molar-refractivity contribution in [3.05, 3.63) is 82.5 Å². The molecule has 0 aliphatic heterocycles. The fourth-order valence-electron chi connectivity index (χ4n) is 2.17. The zero-order valence-corrected chi connectivity index (χ0v) is 14.6. The molecule has 0 fully saturated rings. The van der Waals surface area contributed by atoms with Gasteiger partial charge in [0.15, 0.2) is 0 Å². The van der Waals surface area contributed by atoms with Crippen molar-refractivity contribution in [1.29, 1.82) is 5.26 Å². The van der Waals surface area contributed by atoms with Crippen LogP contribution in [0.1, 0.15) is 15.9 Å². The number of hydrogen-bond donors (Lipinski definition) is 2. The second-order valence-electron chi connectivity index (χ2n) is 5.18. The SMILES string of the molecule is N#Cc1ccccc1Nc1ccc(NC(=O)c2ccc(Br)cc2)cn1. The van der Waals surface area contributed by atoms with E-state index in [1.165, 1.54) is 0 Å². The van der Waals surface area contributed by atoms with Gasteiger partial charge in [0.2, 0.25) is 0 Å². The third-order valence-corrected chi connectivity index (χ3v) is 3.97. The van der Waals surface area contributed by atoms with Crippen molar-refractivity contribution in [2.75, 3.05) is 10.6 Å². The number of carbonyl (C=O) groups excluding carboxylic acids is 1. The summed E-state index contributed by atoms with van der Waals surface area (Å²) in [5.41, 5.74) is 2.38. The van der Waals surface area contributed by atoms with Gasteiger partial charge in [0.05, 0.1) is 23.1 Å². The zero-order valence-electron chi connectivity index (χ0n) is 13.0. The molecule has 3 aromatic rings. The van der Waals surface area contributed by atoms with E-state index in [0.717, 1.165) is 4.47 Å². The first kappa shape index (κ1) is 16.7. The standard InChI is InChI=1S/C19H13BrN4O/c20-15-7-5-13(6-8-15)19(25)23-16-9-10-18(22-12-16)24-17-4-2-1-3-14(17)11-21/h1-10,12H,(H,22,24)(H,23,25). The van der Waals surface area contributed by atoms with E-state index in [1.54, 1.807) is 42.6 Å². The molecule has 0 unspecified atom stereocenters. The number of nitrogens with zero attached hydrogens (tertiary/aromatic N) is 2. The molecule has 1 heterocycles. The molecular weight excluding hydrogens is 380 g/mol. The Kier molecular flexibility index (Phi) is 5.07. The highest BCUT2D eigenvalue weighted by Crippen LogP contribution is 2.20. The number of nitrogens with one attached hydrogen (secondary N) is 2. The van der Waals surface area contributed by atoms with Gasteiger partial charge < -0.3 is 10.6 Å². The summed E-state index contributed by atoms with van der Waals surface area (Å²) in [6, 6.07) is 19.9. The van der Waals surface area contributed by atoms with E-state index >= 15 is 0 Å². The van der Waals surface area contributed by atoms with E-state index < -0.39 is 0 Å². The minimum Gasteiger partial charge on any atom is -0.339 e. The van der Waals surface area contributed by atoms with Crippen molar-refractivity contribution in [2.24, 2.45) is 0 Å². The number of para-hydroxylation sites is 1. The van der Waals surface area contributed by atoms with Gasteiger partial charge in [0, 0.05) is 10.0 Å². The van der Waals surface area contributed by atoms with Gasteiger partial charge in [-0.05, 0) is 48.5 Å². The molecule has 5 nitrogen and oxygen atoms in total. The van der Waals surface area contributed by atoms with Crippen LogP contribution in [0.25, 0.3) is 0 Å². The number of amides is 1. The Hall–Kier alpha value is -3.17. The molecule has 1 aromatic heterocycles. The number of benzene rings is 2. The van der Waals surface area contributed by atoms with E-state index in [0.29, 0.717) is 28.3 Å². The highest BCUT2D eigenvalue weighted by molar-refractivity contribution is 9.10. The highest BCUT2D eigenvalue weighted by Gasteiger charge is 2.07. The van der Waals surface area contributed by atoms with Gasteiger partial charge in [-0.15, -0.1) is 0 Å². The summed E-state index contributed by atoms with van der Waals surface area (Å²) >= 11 is 3.34. The molecule has 2 N–H and O–H groups in total. The number of halogens is 1. The van der Waals surface area contributed by atoms with Crippen LogP contribution in [0.3, 0.4) is 0 Å². The molecule has 3 rings (SSSR count). The fourth-order valence-corrected chi connectivity index (χ4v) is 2.44. The van der Waals surface area contributed by atoms with Crippen molar-refractivity contribution in [3.63, 3.8) is 0 Å². The summed E-state index contributed by atoms with van der Waals surface area (Å²) in [7, 11) is 0. The molecule has 25 heavy (non-hydrogen) atoms. The van der Waals surface area contributed by atoms with E-state index in [9.17, 15) is 4.79 Å². The molecule has 0 aliphatic carbocycles. The summed E-state index contributed by atoms with van der Waals surface area (Å²) in [6.45, 7) is 0. The van der Waals surface area contributed by atoms with Crippen LogP contribution in [0.4, 0.5) is 17.2 Å². The van der Waals surface area contributed by atoms with Gasteiger partial charge >= 0.3 is 0 Å². The lowest BCUT2D eigenvalue weighted by Crippen LogP contribution is -2.11. The summed E-state index contributed by atoms with van der Waals surface area (Å²) < 4.78 is 0.916. The Morgan fingerprint density at radius 3 is 2.48 bits per heavy atom. The van der Waals surface area contributed by atoms with E-state index in [1.807, 2.05) is 24.3 Å². The molecule has 0 atom stereocenters. The van der Waals surface area contributed by atoms with Gasteiger partial charge in [0.25, 0.3) is 5.91 Å². The monoisotopic (exact) mass is 392 g/mol. The molecule has 0 saturated carbocycles. The first-order valence-electron chi connectivity index (χ1n) is 7.45. The number of anilines is 3. The van der Waals surface area contributed by atoms with Crippen LogP contribution >= 0.6 is 15.9 Å². The summed E-state index contributed by atoms with van der Waals surface area (Å²) in [6.07, 6.45) is 1.56. The van der Waals surface area contributed by atoms with Crippen LogP contribution in [-0.2, 0) is 0 Å². The Morgan fingerprint density at radius 2 is 1.80 bits per heavy atom. The van der Waals surface area contributed by atoms with Gasteiger partial charge in [0.1, 0.15) is 11.9 Å². The average Bonchev–Trinajstić information content (AvgIpc) is 2.64. The maximum absolute atomic E-state index is 12.2. The minimum absolute atomic E-state index is 0.204. The third kappa shape index (κ3) is 4.22. The molecule has 122 valence electrons. The van der Waals surface area contributed by atoms with Crippen molar-refractivity contribution in [3.8, 4) is 6.07 Å². The van der Waals surface area contributed by atoms with Crippen molar-refractivity contribution in [2.45, 2.75) is 0 Å². The largest absolute Gasteiger partial charge is 0.339 e. The maximum Gasteiger partial charge on any atom is 0.255 e. The minimum atomic E-state index is -0.204. The molecule has 0 bridgehead atoms. The van der Waals surface area contributed by atoms with Gasteiger partial charge in [-0.3, -0.25) is 4.79 Å². The van der Waals surface area contributed by atoms with Crippen molar-refractivity contribution >= 4 is 39.0 Å². The Balaban J connectivity index is 1.69. The van der Waals surface area contributed by atoms with Gasteiger partial charge in [-0.25, -0.2) is 4.98 Å².